The quantitative estimate of drug-likeness (QED) is 0.0457. The molecule has 0 aliphatic heterocycles. The van der Waals surface area contributed by atoms with Crippen LogP contribution in [0.25, 0.3) is 0 Å². The highest BCUT2D eigenvalue weighted by Crippen LogP contribution is 2.20. The van der Waals surface area contributed by atoms with Crippen LogP contribution in [0.3, 0.4) is 0 Å². The third-order valence-corrected chi connectivity index (χ3v) is 16.2. The third-order valence-electron chi connectivity index (χ3n) is 16.2. The van der Waals surface area contributed by atoms with Gasteiger partial charge in [-0.15, -0.1) is 0 Å². The van der Waals surface area contributed by atoms with Crippen molar-refractivity contribution in [2.24, 2.45) is 0 Å². The zero-order valence-electron chi connectivity index (χ0n) is 48.9. The molecule has 0 aromatic carbocycles. The van der Waals surface area contributed by atoms with Gasteiger partial charge in [-0.05, 0) is 12.8 Å². The van der Waals surface area contributed by atoms with E-state index in [1.807, 2.05) is 0 Å². The Labute approximate surface area is 447 Å². The van der Waals surface area contributed by atoms with Crippen LogP contribution < -0.4 is 5.32 Å². The Morgan fingerprint density at radius 1 is 0.296 bits per heavy atom. The Balaban J connectivity index is 3.41. The number of unbranched alkanes of at least 4 members (excludes halogenated alkanes) is 55. The van der Waals surface area contributed by atoms with Crippen molar-refractivity contribution >= 4 is 5.91 Å². The smallest absolute Gasteiger partial charge is 0.220 e. The highest BCUT2D eigenvalue weighted by Gasteiger charge is 2.26. The van der Waals surface area contributed by atoms with Gasteiger partial charge in [-0.2, -0.15) is 0 Å². The van der Waals surface area contributed by atoms with E-state index in [0.717, 1.165) is 32.1 Å². The van der Waals surface area contributed by atoms with Gasteiger partial charge in [0.2, 0.25) is 5.91 Å². The van der Waals surface area contributed by atoms with Gasteiger partial charge in [-0.3, -0.25) is 4.79 Å². The van der Waals surface area contributed by atoms with Crippen molar-refractivity contribution in [2.45, 2.75) is 411 Å². The maximum atomic E-state index is 12.6. The van der Waals surface area contributed by atoms with Crippen molar-refractivity contribution in [2.75, 3.05) is 6.61 Å². The first-order valence-electron chi connectivity index (χ1n) is 33.3. The van der Waals surface area contributed by atoms with Gasteiger partial charge in [0.1, 0.15) is 6.10 Å². The molecule has 5 heteroatoms. The van der Waals surface area contributed by atoms with Crippen LogP contribution in [0, 0.1) is 0 Å². The number of rotatable bonds is 63. The molecule has 0 saturated carbocycles. The largest absolute Gasteiger partial charge is 0.394 e. The molecule has 0 rings (SSSR count). The molecule has 0 heterocycles. The van der Waals surface area contributed by atoms with Crippen LogP contribution in [0.2, 0.25) is 0 Å². The topological polar surface area (TPSA) is 89.8 Å². The first-order chi connectivity index (χ1) is 35.1. The lowest BCUT2D eigenvalue weighted by atomic mass is 9.99. The van der Waals surface area contributed by atoms with E-state index in [1.165, 1.54) is 334 Å². The summed E-state index contributed by atoms with van der Waals surface area (Å²) in [6, 6.07) is -0.805. The van der Waals surface area contributed by atoms with E-state index in [9.17, 15) is 20.1 Å². The number of aliphatic hydroxyl groups excluding tert-OH is 3. The second-order valence-electron chi connectivity index (χ2n) is 23.4. The molecule has 426 valence electrons. The average Bonchev–Trinajstić information content (AvgIpc) is 3.37. The lowest BCUT2D eigenvalue weighted by molar-refractivity contribution is -0.124. The van der Waals surface area contributed by atoms with Gasteiger partial charge in [0, 0.05) is 6.42 Å². The SMILES string of the molecule is CCCCCCCCCCCCCCCCCCCCCCCCCCCCCCCCCCCCCCCC(=O)NC(CO)C(O)C(O)CCCCCCCCCCCCCCCCCCCCCC. The zero-order chi connectivity index (χ0) is 51.4. The fraction of sp³-hybridized carbons (Fsp3) is 0.985. The van der Waals surface area contributed by atoms with Crippen molar-refractivity contribution in [1.82, 2.24) is 5.32 Å². The highest BCUT2D eigenvalue weighted by atomic mass is 16.3. The fourth-order valence-corrected chi connectivity index (χ4v) is 11.1. The van der Waals surface area contributed by atoms with Crippen LogP contribution in [-0.4, -0.2) is 46.1 Å². The van der Waals surface area contributed by atoms with Gasteiger partial charge in [0.05, 0.1) is 18.8 Å². The van der Waals surface area contributed by atoms with E-state index >= 15 is 0 Å². The number of carbonyl (C=O) groups is 1. The molecule has 71 heavy (non-hydrogen) atoms. The summed E-state index contributed by atoms with van der Waals surface area (Å²) in [7, 11) is 0. The summed E-state index contributed by atoms with van der Waals surface area (Å²) in [5.74, 6) is -0.134. The van der Waals surface area contributed by atoms with Crippen LogP contribution in [-0.2, 0) is 4.79 Å². The summed E-state index contributed by atoms with van der Waals surface area (Å²) in [6.45, 7) is 4.24. The van der Waals surface area contributed by atoms with Crippen molar-refractivity contribution in [3.8, 4) is 0 Å². The minimum Gasteiger partial charge on any atom is -0.394 e. The minimum atomic E-state index is -1.13. The molecule has 0 bridgehead atoms. The van der Waals surface area contributed by atoms with Gasteiger partial charge in [-0.25, -0.2) is 0 Å². The normalized spacial score (nSPS) is 13.0. The number of aliphatic hydroxyl groups is 3. The number of hydrogen-bond acceptors (Lipinski definition) is 4. The molecule has 0 aliphatic carbocycles. The molecule has 5 nitrogen and oxygen atoms in total. The van der Waals surface area contributed by atoms with Gasteiger partial charge in [0.25, 0.3) is 0 Å². The Morgan fingerprint density at radius 3 is 0.676 bits per heavy atom. The fourth-order valence-electron chi connectivity index (χ4n) is 11.1. The number of nitrogens with one attached hydrogen (secondary N) is 1. The molecule has 1 amide bonds. The molecule has 4 N–H and O–H groups in total. The molecule has 0 radical (unpaired) electrons. The lowest BCUT2D eigenvalue weighted by Crippen LogP contribution is -2.50. The molecule has 3 atom stereocenters. The highest BCUT2D eigenvalue weighted by molar-refractivity contribution is 5.76. The molecule has 0 spiro atoms. The van der Waals surface area contributed by atoms with E-state index in [0.29, 0.717) is 12.8 Å². The van der Waals surface area contributed by atoms with Crippen LogP contribution in [0.15, 0.2) is 0 Å². The molecule has 0 saturated heterocycles. The first kappa shape index (κ1) is 70.3. The standard InChI is InChI=1S/C66H133NO4/c1-3-5-7-9-11-13-15-17-19-21-23-25-26-27-28-29-30-31-32-33-34-35-36-37-38-39-40-41-43-45-47-49-51-53-55-57-59-61-65(70)67-63(62-68)66(71)64(69)60-58-56-54-52-50-48-46-44-42-24-22-20-18-16-14-12-10-8-6-4-2/h63-64,66,68-69,71H,3-62H2,1-2H3,(H,67,70). The van der Waals surface area contributed by atoms with Crippen LogP contribution in [0.4, 0.5) is 0 Å². The molecule has 0 aliphatic rings. The van der Waals surface area contributed by atoms with E-state index < -0.39 is 18.2 Å². The maximum Gasteiger partial charge on any atom is 0.220 e. The van der Waals surface area contributed by atoms with E-state index in [1.54, 1.807) is 0 Å². The number of amides is 1. The molecular weight excluding hydrogens is 871 g/mol. The van der Waals surface area contributed by atoms with Crippen molar-refractivity contribution in [3.63, 3.8) is 0 Å². The van der Waals surface area contributed by atoms with Crippen molar-refractivity contribution in [1.29, 1.82) is 0 Å². The van der Waals surface area contributed by atoms with E-state index in [-0.39, 0.29) is 12.5 Å². The van der Waals surface area contributed by atoms with Gasteiger partial charge < -0.3 is 20.6 Å². The maximum absolute atomic E-state index is 12.6. The first-order valence-corrected chi connectivity index (χ1v) is 33.3. The Hall–Kier alpha value is -0.650. The Morgan fingerprint density at radius 2 is 0.479 bits per heavy atom. The average molecular weight is 1000 g/mol. The van der Waals surface area contributed by atoms with E-state index in [4.69, 9.17) is 0 Å². The molecule has 0 aromatic heterocycles. The second-order valence-corrected chi connectivity index (χ2v) is 23.4. The van der Waals surface area contributed by atoms with Crippen molar-refractivity contribution in [3.05, 3.63) is 0 Å². The van der Waals surface area contributed by atoms with Crippen molar-refractivity contribution < 1.29 is 20.1 Å². The molecular formula is C66H133NO4. The lowest BCUT2D eigenvalue weighted by Gasteiger charge is -2.26. The summed E-state index contributed by atoms with van der Waals surface area (Å²) < 4.78 is 0. The predicted molar refractivity (Wildman–Crippen MR) is 315 cm³/mol. The predicted octanol–water partition coefficient (Wildman–Crippen LogP) is 21.2. The van der Waals surface area contributed by atoms with Crippen LogP contribution in [0.1, 0.15) is 393 Å². The van der Waals surface area contributed by atoms with E-state index in [2.05, 4.69) is 19.2 Å². The molecule has 0 aromatic rings. The summed E-state index contributed by atoms with van der Waals surface area (Å²) in [6.07, 6.45) is 77.4. The summed E-state index contributed by atoms with van der Waals surface area (Å²) in [5.41, 5.74) is 0. The Bertz CT molecular complexity index is 975. The number of hydrogen-bond donors (Lipinski definition) is 4. The van der Waals surface area contributed by atoms with Crippen LogP contribution >= 0.6 is 0 Å². The monoisotopic (exact) mass is 1000 g/mol. The third kappa shape index (κ3) is 56.9. The molecule has 0 fully saturated rings. The van der Waals surface area contributed by atoms with Gasteiger partial charge in [0.15, 0.2) is 0 Å². The summed E-state index contributed by atoms with van der Waals surface area (Å²) in [5, 5.41) is 33.9. The Kier molecular flexibility index (Phi) is 61.3. The van der Waals surface area contributed by atoms with Gasteiger partial charge >= 0.3 is 0 Å². The number of carbonyl (C=O) groups excluding carboxylic acids is 1. The molecule has 3 unspecified atom stereocenters. The van der Waals surface area contributed by atoms with Crippen LogP contribution in [0.5, 0.6) is 0 Å². The zero-order valence-corrected chi connectivity index (χ0v) is 48.9. The minimum absolute atomic E-state index is 0.134. The van der Waals surface area contributed by atoms with Gasteiger partial charge in [-0.1, -0.05) is 373 Å². The summed E-state index contributed by atoms with van der Waals surface area (Å²) >= 11 is 0. The summed E-state index contributed by atoms with van der Waals surface area (Å²) in [4.78, 5) is 12.6. The second kappa shape index (κ2) is 61.9.